The monoisotopic (exact) mass is 329 g/mol. The average Bonchev–Trinajstić information content (AvgIpc) is 2.53. The van der Waals surface area contributed by atoms with E-state index in [-0.39, 0.29) is 11.6 Å². The Morgan fingerprint density at radius 1 is 1.21 bits per heavy atom. The Balaban J connectivity index is 1.80. The van der Waals surface area contributed by atoms with Crippen LogP contribution in [0.1, 0.15) is 29.8 Å². The SMILES string of the molecule is Cc1ccc2nc(CN[C@@H](C)c3ccc(F)cc3F)cc(=O)n2c1. The fraction of sp³-hybridized carbons (Fsp3) is 0.222. The molecule has 1 atom stereocenters. The van der Waals surface area contributed by atoms with E-state index in [9.17, 15) is 13.6 Å². The van der Waals surface area contributed by atoms with Crippen molar-refractivity contribution in [2.75, 3.05) is 0 Å². The molecular formula is C18H17F2N3O. The maximum Gasteiger partial charge on any atom is 0.258 e. The van der Waals surface area contributed by atoms with Crippen LogP contribution in [0, 0.1) is 18.6 Å². The number of aromatic nitrogens is 2. The van der Waals surface area contributed by atoms with Crippen molar-refractivity contribution >= 4 is 5.65 Å². The van der Waals surface area contributed by atoms with Gasteiger partial charge < -0.3 is 5.32 Å². The maximum atomic E-state index is 13.8. The number of nitrogens with one attached hydrogen (secondary N) is 1. The number of rotatable bonds is 4. The van der Waals surface area contributed by atoms with Crippen LogP contribution >= 0.6 is 0 Å². The van der Waals surface area contributed by atoms with Crippen molar-refractivity contribution in [3.63, 3.8) is 0 Å². The molecule has 0 saturated carbocycles. The summed E-state index contributed by atoms with van der Waals surface area (Å²) in [5.41, 5.74) is 2.30. The van der Waals surface area contributed by atoms with Gasteiger partial charge in [-0.15, -0.1) is 0 Å². The molecule has 2 aromatic heterocycles. The Hall–Kier alpha value is -2.60. The lowest BCUT2D eigenvalue weighted by Crippen LogP contribution is -2.23. The van der Waals surface area contributed by atoms with Crippen LogP contribution in [0.15, 0.2) is 47.4 Å². The minimum absolute atomic E-state index is 0.166. The minimum Gasteiger partial charge on any atom is -0.304 e. The van der Waals surface area contributed by atoms with Crippen LogP contribution in [0.4, 0.5) is 8.78 Å². The van der Waals surface area contributed by atoms with Crippen molar-refractivity contribution in [1.29, 1.82) is 0 Å². The number of nitrogens with zero attached hydrogens (tertiary/aromatic N) is 2. The Morgan fingerprint density at radius 3 is 2.75 bits per heavy atom. The zero-order valence-electron chi connectivity index (χ0n) is 13.4. The van der Waals surface area contributed by atoms with E-state index in [0.717, 1.165) is 11.6 Å². The third-order valence-electron chi connectivity index (χ3n) is 3.88. The Kier molecular flexibility index (Phi) is 4.40. The molecule has 0 aliphatic rings. The minimum atomic E-state index is -0.608. The Labute approximate surface area is 137 Å². The highest BCUT2D eigenvalue weighted by Crippen LogP contribution is 2.18. The van der Waals surface area contributed by atoms with E-state index < -0.39 is 11.6 Å². The van der Waals surface area contributed by atoms with Gasteiger partial charge in [0.2, 0.25) is 0 Å². The quantitative estimate of drug-likeness (QED) is 0.800. The molecule has 0 aliphatic heterocycles. The topological polar surface area (TPSA) is 46.4 Å². The van der Waals surface area contributed by atoms with Gasteiger partial charge in [-0.3, -0.25) is 9.20 Å². The molecule has 3 rings (SSSR count). The number of halogens is 2. The molecule has 0 amide bonds. The number of aryl methyl sites for hydroxylation is 1. The first-order valence-electron chi connectivity index (χ1n) is 7.61. The predicted octanol–water partition coefficient (Wildman–Crippen LogP) is 3.13. The number of hydrogen-bond acceptors (Lipinski definition) is 3. The summed E-state index contributed by atoms with van der Waals surface area (Å²) in [5.74, 6) is -1.21. The van der Waals surface area contributed by atoms with Crippen LogP contribution in [0.3, 0.4) is 0 Å². The fourth-order valence-electron chi connectivity index (χ4n) is 2.57. The summed E-state index contributed by atoms with van der Waals surface area (Å²) in [6.45, 7) is 3.98. The molecule has 1 N–H and O–H groups in total. The van der Waals surface area contributed by atoms with Crippen molar-refractivity contribution < 1.29 is 8.78 Å². The molecule has 0 spiro atoms. The number of pyridine rings is 1. The molecule has 24 heavy (non-hydrogen) atoms. The second-order valence-corrected chi connectivity index (χ2v) is 5.79. The highest BCUT2D eigenvalue weighted by molar-refractivity contribution is 5.40. The summed E-state index contributed by atoms with van der Waals surface area (Å²) in [4.78, 5) is 16.6. The highest BCUT2D eigenvalue weighted by atomic mass is 19.1. The fourth-order valence-corrected chi connectivity index (χ4v) is 2.57. The van der Waals surface area contributed by atoms with Crippen LogP contribution < -0.4 is 10.9 Å². The van der Waals surface area contributed by atoms with Crippen molar-refractivity contribution in [2.45, 2.75) is 26.4 Å². The van der Waals surface area contributed by atoms with Gasteiger partial charge in [-0.2, -0.15) is 0 Å². The predicted molar refractivity (Wildman–Crippen MR) is 87.8 cm³/mol. The van der Waals surface area contributed by atoms with E-state index >= 15 is 0 Å². The summed E-state index contributed by atoms with van der Waals surface area (Å²) in [6.07, 6.45) is 1.73. The van der Waals surface area contributed by atoms with Crippen LogP contribution in [-0.4, -0.2) is 9.38 Å². The van der Waals surface area contributed by atoms with E-state index in [1.54, 1.807) is 19.2 Å². The average molecular weight is 329 g/mol. The van der Waals surface area contributed by atoms with Gasteiger partial charge in [-0.05, 0) is 31.5 Å². The van der Waals surface area contributed by atoms with Gasteiger partial charge in [0.25, 0.3) is 5.56 Å². The molecular weight excluding hydrogens is 312 g/mol. The normalized spacial score (nSPS) is 12.5. The lowest BCUT2D eigenvalue weighted by atomic mass is 10.1. The number of fused-ring (bicyclic) bond motifs is 1. The van der Waals surface area contributed by atoms with Gasteiger partial charge in [0.05, 0.1) is 5.69 Å². The first-order chi connectivity index (χ1) is 11.4. The Morgan fingerprint density at radius 2 is 2.00 bits per heavy atom. The molecule has 0 saturated heterocycles. The largest absolute Gasteiger partial charge is 0.304 e. The summed E-state index contributed by atoms with van der Waals surface area (Å²) in [6, 6.07) is 8.26. The smallest absolute Gasteiger partial charge is 0.258 e. The molecule has 0 radical (unpaired) electrons. The van der Waals surface area contributed by atoms with E-state index in [2.05, 4.69) is 10.3 Å². The van der Waals surface area contributed by atoms with Gasteiger partial charge in [-0.25, -0.2) is 13.8 Å². The molecule has 0 unspecified atom stereocenters. The molecule has 4 nitrogen and oxygen atoms in total. The van der Waals surface area contributed by atoms with Gasteiger partial charge in [0, 0.05) is 36.5 Å². The van der Waals surface area contributed by atoms with E-state index in [0.29, 0.717) is 23.4 Å². The zero-order chi connectivity index (χ0) is 17.3. The second kappa shape index (κ2) is 6.49. The van der Waals surface area contributed by atoms with Crippen LogP contribution in [-0.2, 0) is 6.54 Å². The van der Waals surface area contributed by atoms with Gasteiger partial charge in [0.15, 0.2) is 0 Å². The lowest BCUT2D eigenvalue weighted by molar-refractivity contribution is 0.515. The Bertz CT molecular complexity index is 953. The molecule has 0 aliphatic carbocycles. The van der Waals surface area contributed by atoms with Gasteiger partial charge in [-0.1, -0.05) is 12.1 Å². The van der Waals surface area contributed by atoms with Crippen molar-refractivity contribution in [1.82, 2.24) is 14.7 Å². The summed E-state index contributed by atoms with van der Waals surface area (Å²) < 4.78 is 28.3. The van der Waals surface area contributed by atoms with Gasteiger partial charge >= 0.3 is 0 Å². The molecule has 0 fully saturated rings. The third-order valence-corrected chi connectivity index (χ3v) is 3.88. The molecule has 0 bridgehead atoms. The number of hydrogen-bond donors (Lipinski definition) is 1. The van der Waals surface area contributed by atoms with Crippen LogP contribution in [0.25, 0.3) is 5.65 Å². The first-order valence-corrected chi connectivity index (χ1v) is 7.61. The van der Waals surface area contributed by atoms with E-state index in [1.165, 1.54) is 22.6 Å². The summed E-state index contributed by atoms with van der Waals surface area (Å²) >= 11 is 0. The molecule has 1 aromatic carbocycles. The highest BCUT2D eigenvalue weighted by Gasteiger charge is 2.12. The molecule has 2 heterocycles. The molecule has 124 valence electrons. The third kappa shape index (κ3) is 3.33. The van der Waals surface area contributed by atoms with Crippen molar-refractivity contribution in [2.24, 2.45) is 0 Å². The number of benzene rings is 1. The summed E-state index contributed by atoms with van der Waals surface area (Å²) in [5, 5.41) is 3.11. The van der Waals surface area contributed by atoms with E-state index in [1.807, 2.05) is 13.0 Å². The van der Waals surface area contributed by atoms with E-state index in [4.69, 9.17) is 0 Å². The first kappa shape index (κ1) is 16.3. The zero-order valence-corrected chi connectivity index (χ0v) is 13.4. The van der Waals surface area contributed by atoms with Crippen LogP contribution in [0.2, 0.25) is 0 Å². The molecule has 3 aromatic rings. The maximum absolute atomic E-state index is 13.8. The van der Waals surface area contributed by atoms with Crippen molar-refractivity contribution in [3.05, 3.63) is 81.4 Å². The lowest BCUT2D eigenvalue weighted by Gasteiger charge is -2.15. The summed E-state index contributed by atoms with van der Waals surface area (Å²) in [7, 11) is 0. The molecule has 6 heteroatoms. The standard InChI is InChI=1S/C18H17F2N3O/c1-11-3-6-17-22-14(8-18(24)23(17)10-11)9-21-12(2)15-5-4-13(19)7-16(15)20/h3-8,10,12,21H,9H2,1-2H3/t12-/m0/s1. The second-order valence-electron chi connectivity index (χ2n) is 5.79. The van der Waals surface area contributed by atoms with Gasteiger partial charge in [0.1, 0.15) is 17.3 Å². The van der Waals surface area contributed by atoms with Crippen LogP contribution in [0.5, 0.6) is 0 Å². The van der Waals surface area contributed by atoms with Crippen molar-refractivity contribution in [3.8, 4) is 0 Å².